The highest BCUT2D eigenvalue weighted by Crippen LogP contribution is 2.48. The number of likely N-dealkylation sites (N-methyl/N-ethyl adjacent to an activating group) is 1. The van der Waals surface area contributed by atoms with E-state index < -0.39 is 5.41 Å². The zero-order chi connectivity index (χ0) is 12.6. The highest BCUT2D eigenvalue weighted by atomic mass is 32.1. The molecule has 2 N–H and O–H groups in total. The van der Waals surface area contributed by atoms with Crippen LogP contribution in [0.3, 0.4) is 0 Å². The van der Waals surface area contributed by atoms with E-state index in [1.165, 1.54) is 0 Å². The lowest BCUT2D eigenvalue weighted by atomic mass is 10.0. The molecule has 2 fully saturated rings. The second-order valence-electron chi connectivity index (χ2n) is 5.41. The summed E-state index contributed by atoms with van der Waals surface area (Å²) in [5.41, 5.74) is 5.23. The van der Waals surface area contributed by atoms with E-state index in [0.29, 0.717) is 4.99 Å². The largest absolute Gasteiger partial charge is 0.392 e. The Balaban J connectivity index is 2.11. The molecule has 1 saturated heterocycles. The molecule has 0 aromatic heterocycles. The third-order valence-corrected chi connectivity index (χ3v) is 4.33. The van der Waals surface area contributed by atoms with Crippen molar-refractivity contribution in [1.82, 2.24) is 9.80 Å². The number of amides is 1. The molecule has 17 heavy (non-hydrogen) atoms. The van der Waals surface area contributed by atoms with Crippen LogP contribution in [0.5, 0.6) is 0 Å². The topological polar surface area (TPSA) is 49.6 Å². The minimum absolute atomic E-state index is 0.160. The lowest BCUT2D eigenvalue weighted by Gasteiger charge is -2.31. The third-order valence-electron chi connectivity index (χ3n) is 3.94. The van der Waals surface area contributed by atoms with E-state index in [-0.39, 0.29) is 11.9 Å². The summed E-state index contributed by atoms with van der Waals surface area (Å²) in [6, 6.07) is 0.252. The van der Waals surface area contributed by atoms with Gasteiger partial charge in [0.1, 0.15) is 0 Å². The van der Waals surface area contributed by atoms with Crippen LogP contribution in [0.1, 0.15) is 26.2 Å². The van der Waals surface area contributed by atoms with E-state index in [2.05, 4.69) is 18.9 Å². The van der Waals surface area contributed by atoms with Gasteiger partial charge in [0.05, 0.1) is 10.4 Å². The van der Waals surface area contributed by atoms with Gasteiger partial charge in [0.2, 0.25) is 5.91 Å². The van der Waals surface area contributed by atoms with Crippen LogP contribution in [-0.2, 0) is 4.79 Å². The van der Waals surface area contributed by atoms with Gasteiger partial charge in [-0.2, -0.15) is 0 Å². The summed E-state index contributed by atoms with van der Waals surface area (Å²) in [5.74, 6) is 0.160. The molecule has 5 heteroatoms. The number of nitrogens with two attached hydrogens (primary N) is 1. The molecule has 1 aliphatic carbocycles. The Morgan fingerprint density at radius 2 is 2.06 bits per heavy atom. The zero-order valence-electron chi connectivity index (χ0n) is 10.6. The van der Waals surface area contributed by atoms with Crippen molar-refractivity contribution in [1.29, 1.82) is 0 Å². The fraction of sp³-hybridized carbons (Fsp3) is 0.833. The van der Waals surface area contributed by atoms with Crippen molar-refractivity contribution in [2.75, 3.05) is 26.7 Å². The molecule has 2 aliphatic rings. The molecule has 2 rings (SSSR count). The molecule has 0 aromatic rings. The first-order valence-electron chi connectivity index (χ1n) is 6.27. The fourth-order valence-corrected chi connectivity index (χ4v) is 2.93. The molecule has 96 valence electrons. The van der Waals surface area contributed by atoms with E-state index in [9.17, 15) is 4.79 Å². The van der Waals surface area contributed by atoms with E-state index in [0.717, 1.165) is 38.9 Å². The second-order valence-corrected chi connectivity index (χ2v) is 5.85. The number of hydrogen-bond donors (Lipinski definition) is 1. The number of hydrogen-bond acceptors (Lipinski definition) is 3. The lowest BCUT2D eigenvalue weighted by molar-refractivity contribution is -0.136. The average Bonchev–Trinajstić information content (AvgIpc) is 3.03. The van der Waals surface area contributed by atoms with Crippen molar-refractivity contribution >= 4 is 23.1 Å². The predicted octanol–water partition coefficient (Wildman–Crippen LogP) is 0.605. The first kappa shape index (κ1) is 12.8. The molecule has 1 amide bonds. The Hall–Kier alpha value is -0.680. The molecule has 1 unspecified atom stereocenters. The van der Waals surface area contributed by atoms with E-state index in [1.54, 1.807) is 0 Å². The van der Waals surface area contributed by atoms with Crippen LogP contribution >= 0.6 is 12.2 Å². The van der Waals surface area contributed by atoms with Crippen LogP contribution in [0.2, 0.25) is 0 Å². The van der Waals surface area contributed by atoms with Crippen LogP contribution in [0.4, 0.5) is 0 Å². The molecule has 0 spiro atoms. The van der Waals surface area contributed by atoms with Gasteiger partial charge in [-0.3, -0.25) is 4.79 Å². The van der Waals surface area contributed by atoms with Crippen molar-refractivity contribution in [3.05, 3.63) is 0 Å². The summed E-state index contributed by atoms with van der Waals surface area (Å²) in [7, 11) is 2.10. The predicted molar refractivity (Wildman–Crippen MR) is 71.7 cm³/mol. The van der Waals surface area contributed by atoms with Crippen molar-refractivity contribution in [2.24, 2.45) is 11.1 Å². The van der Waals surface area contributed by atoms with E-state index in [4.69, 9.17) is 18.0 Å². The van der Waals surface area contributed by atoms with E-state index >= 15 is 0 Å². The fourth-order valence-electron chi connectivity index (χ4n) is 2.64. The van der Waals surface area contributed by atoms with Crippen LogP contribution < -0.4 is 5.73 Å². The highest BCUT2D eigenvalue weighted by Gasteiger charge is 2.55. The third kappa shape index (κ3) is 2.31. The van der Waals surface area contributed by atoms with Gasteiger partial charge in [-0.15, -0.1) is 0 Å². The van der Waals surface area contributed by atoms with Crippen molar-refractivity contribution in [2.45, 2.75) is 32.2 Å². The molecule has 0 radical (unpaired) electrons. The summed E-state index contributed by atoms with van der Waals surface area (Å²) >= 11 is 5.06. The minimum Gasteiger partial charge on any atom is -0.392 e. The number of carbonyl (C=O) groups excluding carboxylic acids is 1. The van der Waals surface area contributed by atoms with Gasteiger partial charge in [0.15, 0.2) is 0 Å². The van der Waals surface area contributed by atoms with Gasteiger partial charge < -0.3 is 15.5 Å². The summed E-state index contributed by atoms with van der Waals surface area (Å²) in [6.45, 7) is 4.91. The van der Waals surface area contributed by atoms with Crippen molar-refractivity contribution in [3.63, 3.8) is 0 Å². The molecule has 1 aliphatic heterocycles. The maximum atomic E-state index is 12.5. The Kier molecular flexibility index (Phi) is 3.41. The maximum absolute atomic E-state index is 12.5. The highest BCUT2D eigenvalue weighted by molar-refractivity contribution is 7.80. The number of carbonyl (C=O) groups is 1. The molecule has 0 bridgehead atoms. The smallest absolute Gasteiger partial charge is 0.235 e. The van der Waals surface area contributed by atoms with Crippen molar-refractivity contribution < 1.29 is 4.79 Å². The second kappa shape index (κ2) is 4.53. The number of thiocarbonyl (C=S) groups is 1. The first-order chi connectivity index (χ1) is 7.97. The monoisotopic (exact) mass is 255 g/mol. The van der Waals surface area contributed by atoms with Gasteiger partial charge in [-0.25, -0.2) is 0 Å². The summed E-state index contributed by atoms with van der Waals surface area (Å²) in [5, 5.41) is 0. The molecule has 4 nitrogen and oxygen atoms in total. The van der Waals surface area contributed by atoms with E-state index in [1.807, 2.05) is 4.90 Å². The first-order valence-corrected chi connectivity index (χ1v) is 6.68. The molecule has 1 saturated carbocycles. The molecule has 1 atom stereocenters. The number of nitrogens with zero attached hydrogens (tertiary/aromatic N) is 2. The van der Waals surface area contributed by atoms with Gasteiger partial charge in [-0.05, 0) is 39.8 Å². The number of rotatable bonds is 2. The standard InChI is InChI=1S/C12H21N3OS/c1-9-8-14(2)6-3-7-15(9)11(16)12(4-5-12)10(13)17/h9H,3-8H2,1-2H3,(H2,13,17). The van der Waals surface area contributed by atoms with Gasteiger partial charge >= 0.3 is 0 Å². The Morgan fingerprint density at radius 1 is 1.41 bits per heavy atom. The molecular weight excluding hydrogens is 234 g/mol. The summed E-state index contributed by atoms with van der Waals surface area (Å²) < 4.78 is 0. The quantitative estimate of drug-likeness (QED) is 0.734. The Bertz CT molecular complexity index is 341. The van der Waals surface area contributed by atoms with Gasteiger partial charge in [0.25, 0.3) is 0 Å². The minimum atomic E-state index is -0.494. The Morgan fingerprint density at radius 3 is 2.59 bits per heavy atom. The SMILES string of the molecule is CC1CN(C)CCCN1C(=O)C1(C(N)=S)CC1. The van der Waals surface area contributed by atoms with Crippen LogP contribution in [0.15, 0.2) is 0 Å². The van der Waals surface area contributed by atoms with Gasteiger partial charge in [0, 0.05) is 19.1 Å². The molecule has 0 aromatic carbocycles. The average molecular weight is 255 g/mol. The lowest BCUT2D eigenvalue weighted by Crippen LogP contribution is -2.48. The van der Waals surface area contributed by atoms with Crippen molar-refractivity contribution in [3.8, 4) is 0 Å². The van der Waals surface area contributed by atoms with Crippen LogP contribution in [0.25, 0.3) is 0 Å². The maximum Gasteiger partial charge on any atom is 0.235 e. The molecule has 1 heterocycles. The molecular formula is C12H21N3OS. The summed E-state index contributed by atoms with van der Waals surface area (Å²) in [4.78, 5) is 17.2. The van der Waals surface area contributed by atoms with Crippen LogP contribution in [-0.4, -0.2) is 53.4 Å². The zero-order valence-corrected chi connectivity index (χ0v) is 11.4. The van der Waals surface area contributed by atoms with Crippen LogP contribution in [0, 0.1) is 5.41 Å². The Labute approximate surface area is 108 Å². The summed E-state index contributed by atoms with van der Waals surface area (Å²) in [6.07, 6.45) is 2.69. The van der Waals surface area contributed by atoms with Gasteiger partial charge in [-0.1, -0.05) is 12.2 Å². The normalized spacial score (nSPS) is 28.6.